The minimum atomic E-state index is -0.0193. The molecule has 0 saturated heterocycles. The van der Waals surface area contributed by atoms with Crippen molar-refractivity contribution < 1.29 is 4.79 Å². The summed E-state index contributed by atoms with van der Waals surface area (Å²) in [4.78, 5) is 12.0. The van der Waals surface area contributed by atoms with Gasteiger partial charge in [0.25, 0.3) is 5.91 Å². The molecule has 0 spiro atoms. The first kappa shape index (κ1) is 15.1. The molecule has 1 N–H and O–H groups in total. The van der Waals surface area contributed by atoms with Crippen LogP contribution in [0.5, 0.6) is 0 Å². The van der Waals surface area contributed by atoms with Gasteiger partial charge in [0.15, 0.2) is 0 Å². The highest BCUT2D eigenvalue weighted by atomic mass is 127. The zero-order valence-corrected chi connectivity index (χ0v) is 13.8. The molecule has 104 valence electrons. The third-order valence-electron chi connectivity index (χ3n) is 3.74. The van der Waals surface area contributed by atoms with Crippen LogP contribution in [0.3, 0.4) is 0 Å². The molecule has 2 nitrogen and oxygen atoms in total. The summed E-state index contributed by atoms with van der Waals surface area (Å²) in [7, 11) is 0. The van der Waals surface area contributed by atoms with Crippen molar-refractivity contribution in [2.75, 3.05) is 6.54 Å². The Morgan fingerprint density at radius 2 is 2.05 bits per heavy atom. The van der Waals surface area contributed by atoms with E-state index >= 15 is 0 Å². The Balaban J connectivity index is 1.78. The number of carbonyl (C=O) groups excluding carboxylic acids is 1. The second kappa shape index (κ2) is 7.48. The van der Waals surface area contributed by atoms with Gasteiger partial charge in [-0.15, -0.1) is 0 Å². The molecule has 0 aliphatic heterocycles. The Kier molecular flexibility index (Phi) is 5.95. The number of hydrogen-bond acceptors (Lipinski definition) is 1. The normalized spacial score (nSPS) is 16.3. The topological polar surface area (TPSA) is 29.1 Å². The summed E-state index contributed by atoms with van der Waals surface area (Å²) in [6.07, 6.45) is 7.83. The molecule has 0 heterocycles. The molecule has 19 heavy (non-hydrogen) atoms. The highest BCUT2D eigenvalue weighted by molar-refractivity contribution is 14.1. The average Bonchev–Trinajstić information content (AvgIpc) is 2.43. The molecule has 2 rings (SSSR count). The number of amides is 1. The molecule has 4 heteroatoms. The van der Waals surface area contributed by atoms with E-state index in [2.05, 4.69) is 27.9 Å². The minimum Gasteiger partial charge on any atom is -0.352 e. The maximum Gasteiger partial charge on any atom is 0.251 e. The van der Waals surface area contributed by atoms with E-state index in [9.17, 15) is 4.79 Å². The van der Waals surface area contributed by atoms with Crippen molar-refractivity contribution in [2.45, 2.75) is 38.5 Å². The van der Waals surface area contributed by atoms with E-state index in [4.69, 9.17) is 11.6 Å². The Hall–Kier alpha value is -0.290. The van der Waals surface area contributed by atoms with E-state index in [0.29, 0.717) is 10.6 Å². The van der Waals surface area contributed by atoms with Crippen LogP contribution in [0.4, 0.5) is 0 Å². The maximum atomic E-state index is 12.0. The van der Waals surface area contributed by atoms with Crippen LogP contribution in [0, 0.1) is 9.49 Å². The summed E-state index contributed by atoms with van der Waals surface area (Å²) in [6.45, 7) is 0.771. The lowest BCUT2D eigenvalue weighted by atomic mass is 9.87. The monoisotopic (exact) mass is 391 g/mol. The number of hydrogen-bond donors (Lipinski definition) is 1. The van der Waals surface area contributed by atoms with Crippen molar-refractivity contribution >= 4 is 40.1 Å². The Morgan fingerprint density at radius 3 is 2.74 bits per heavy atom. The van der Waals surface area contributed by atoms with Crippen molar-refractivity contribution in [3.05, 3.63) is 32.4 Å². The third-order valence-corrected chi connectivity index (χ3v) is 5.32. The van der Waals surface area contributed by atoms with E-state index in [-0.39, 0.29) is 5.91 Å². The fourth-order valence-electron chi connectivity index (χ4n) is 2.61. The molecule has 0 atom stereocenters. The first-order chi connectivity index (χ1) is 9.16. The number of carbonyl (C=O) groups is 1. The van der Waals surface area contributed by atoms with E-state index in [1.54, 1.807) is 6.07 Å². The lowest BCUT2D eigenvalue weighted by molar-refractivity contribution is 0.0950. The first-order valence-electron chi connectivity index (χ1n) is 6.90. The summed E-state index contributed by atoms with van der Waals surface area (Å²) in [5.74, 6) is 0.781. The lowest BCUT2D eigenvalue weighted by Crippen LogP contribution is -2.26. The van der Waals surface area contributed by atoms with E-state index in [1.165, 1.54) is 32.1 Å². The maximum absolute atomic E-state index is 12.0. The van der Waals surface area contributed by atoms with Gasteiger partial charge in [0.2, 0.25) is 0 Å². The zero-order valence-electron chi connectivity index (χ0n) is 10.9. The molecule has 1 amide bonds. The smallest absolute Gasteiger partial charge is 0.251 e. The Morgan fingerprint density at radius 1 is 1.32 bits per heavy atom. The van der Waals surface area contributed by atoms with Gasteiger partial charge >= 0.3 is 0 Å². The third kappa shape index (κ3) is 4.63. The van der Waals surface area contributed by atoms with Gasteiger partial charge in [0, 0.05) is 15.7 Å². The van der Waals surface area contributed by atoms with Crippen LogP contribution in [-0.2, 0) is 0 Å². The van der Waals surface area contributed by atoms with Crippen molar-refractivity contribution in [1.82, 2.24) is 5.32 Å². The Labute approximate surface area is 133 Å². The predicted octanol–water partition coefficient (Wildman–Crippen LogP) is 4.64. The molecular weight excluding hydrogens is 373 g/mol. The van der Waals surface area contributed by atoms with Gasteiger partial charge in [0.05, 0.1) is 5.02 Å². The van der Waals surface area contributed by atoms with E-state index in [0.717, 1.165) is 22.5 Å². The fraction of sp³-hybridized carbons (Fsp3) is 0.533. The van der Waals surface area contributed by atoms with Gasteiger partial charge in [-0.2, -0.15) is 0 Å². The molecule has 0 bridgehead atoms. The number of nitrogens with one attached hydrogen (secondary N) is 1. The van der Waals surface area contributed by atoms with Gasteiger partial charge in [-0.3, -0.25) is 4.79 Å². The van der Waals surface area contributed by atoms with Crippen LogP contribution in [0.15, 0.2) is 18.2 Å². The second-order valence-electron chi connectivity index (χ2n) is 5.18. The van der Waals surface area contributed by atoms with Gasteiger partial charge in [-0.25, -0.2) is 0 Å². The minimum absolute atomic E-state index is 0.0193. The highest BCUT2D eigenvalue weighted by Crippen LogP contribution is 2.25. The molecule has 1 aliphatic rings. The predicted molar refractivity (Wildman–Crippen MR) is 87.7 cm³/mol. The highest BCUT2D eigenvalue weighted by Gasteiger charge is 2.14. The van der Waals surface area contributed by atoms with Gasteiger partial charge in [0.1, 0.15) is 0 Å². The molecular formula is C15H19ClINO. The molecule has 1 saturated carbocycles. The molecule has 0 unspecified atom stereocenters. The van der Waals surface area contributed by atoms with Crippen LogP contribution >= 0.6 is 34.2 Å². The summed E-state index contributed by atoms with van der Waals surface area (Å²) in [6, 6.07) is 5.43. The number of halogens is 2. The summed E-state index contributed by atoms with van der Waals surface area (Å²) in [5.41, 5.74) is 0.647. The standard InChI is InChI=1S/C15H19ClINO/c16-13-10-12(6-7-14(13)17)15(19)18-9-8-11-4-2-1-3-5-11/h6-7,10-11H,1-5,8-9H2,(H,18,19). The summed E-state index contributed by atoms with van der Waals surface area (Å²) >= 11 is 8.18. The van der Waals surface area contributed by atoms with Crippen LogP contribution < -0.4 is 5.32 Å². The second-order valence-corrected chi connectivity index (χ2v) is 6.75. The Bertz CT molecular complexity index is 444. The van der Waals surface area contributed by atoms with E-state index in [1.807, 2.05) is 12.1 Å². The SMILES string of the molecule is O=C(NCCC1CCCCC1)c1ccc(I)c(Cl)c1. The van der Waals surface area contributed by atoms with Gasteiger partial charge in [-0.1, -0.05) is 43.7 Å². The first-order valence-corrected chi connectivity index (χ1v) is 8.36. The fourth-order valence-corrected chi connectivity index (χ4v) is 3.12. The van der Waals surface area contributed by atoms with Gasteiger partial charge < -0.3 is 5.32 Å². The van der Waals surface area contributed by atoms with Crippen LogP contribution in [-0.4, -0.2) is 12.5 Å². The molecule has 0 aromatic heterocycles. The molecule has 1 aliphatic carbocycles. The van der Waals surface area contributed by atoms with Crippen molar-refractivity contribution in [3.63, 3.8) is 0 Å². The molecule has 0 radical (unpaired) electrons. The average molecular weight is 392 g/mol. The molecule has 1 fully saturated rings. The van der Waals surface area contributed by atoms with E-state index < -0.39 is 0 Å². The largest absolute Gasteiger partial charge is 0.352 e. The van der Waals surface area contributed by atoms with Crippen LogP contribution in [0.2, 0.25) is 5.02 Å². The van der Waals surface area contributed by atoms with Crippen molar-refractivity contribution in [3.8, 4) is 0 Å². The van der Waals surface area contributed by atoms with Gasteiger partial charge in [-0.05, 0) is 53.1 Å². The van der Waals surface area contributed by atoms with Crippen LogP contribution in [0.25, 0.3) is 0 Å². The van der Waals surface area contributed by atoms with Crippen LogP contribution in [0.1, 0.15) is 48.9 Å². The summed E-state index contributed by atoms with van der Waals surface area (Å²) < 4.78 is 0.970. The summed E-state index contributed by atoms with van der Waals surface area (Å²) in [5, 5.41) is 3.63. The molecule has 1 aromatic carbocycles. The number of rotatable bonds is 4. The number of benzene rings is 1. The molecule has 1 aromatic rings. The lowest BCUT2D eigenvalue weighted by Gasteiger charge is -2.21. The van der Waals surface area contributed by atoms with Crippen molar-refractivity contribution in [2.24, 2.45) is 5.92 Å². The quantitative estimate of drug-likeness (QED) is 0.744. The van der Waals surface area contributed by atoms with Crippen molar-refractivity contribution in [1.29, 1.82) is 0 Å². The zero-order chi connectivity index (χ0) is 13.7.